The SMILES string of the molecule is C[C@@H](Oc1ccc(C#N)cc1)C(=O)Oc1ccc(C(=O)c2ccccc2)cc1. The molecule has 138 valence electrons. The van der Waals surface area contributed by atoms with Crippen molar-refractivity contribution in [2.75, 3.05) is 0 Å². The van der Waals surface area contributed by atoms with Gasteiger partial charge in [0.15, 0.2) is 11.9 Å². The van der Waals surface area contributed by atoms with E-state index in [1.165, 1.54) is 0 Å². The lowest BCUT2D eigenvalue weighted by Gasteiger charge is -2.14. The summed E-state index contributed by atoms with van der Waals surface area (Å²) in [6, 6.07) is 23.8. The molecule has 0 N–H and O–H groups in total. The fourth-order valence-electron chi connectivity index (χ4n) is 2.49. The summed E-state index contributed by atoms with van der Waals surface area (Å²) in [5, 5.41) is 8.80. The maximum atomic E-state index is 12.4. The van der Waals surface area contributed by atoms with E-state index in [4.69, 9.17) is 14.7 Å². The minimum atomic E-state index is -0.835. The highest BCUT2D eigenvalue weighted by molar-refractivity contribution is 6.09. The van der Waals surface area contributed by atoms with Crippen LogP contribution in [0.2, 0.25) is 0 Å². The molecule has 5 heteroatoms. The van der Waals surface area contributed by atoms with Gasteiger partial charge in [-0.15, -0.1) is 0 Å². The Kier molecular flexibility index (Phi) is 5.83. The molecule has 0 spiro atoms. The van der Waals surface area contributed by atoms with E-state index in [1.807, 2.05) is 12.1 Å². The average molecular weight is 371 g/mol. The van der Waals surface area contributed by atoms with Gasteiger partial charge < -0.3 is 9.47 Å². The first-order valence-corrected chi connectivity index (χ1v) is 8.65. The molecule has 0 fully saturated rings. The number of carbonyl (C=O) groups excluding carboxylic acids is 2. The molecule has 0 aliphatic rings. The normalized spacial score (nSPS) is 11.1. The van der Waals surface area contributed by atoms with Crippen molar-refractivity contribution in [3.63, 3.8) is 0 Å². The number of ether oxygens (including phenoxy) is 2. The molecule has 1 atom stereocenters. The van der Waals surface area contributed by atoms with Gasteiger partial charge in [-0.25, -0.2) is 4.79 Å². The van der Waals surface area contributed by atoms with Crippen molar-refractivity contribution >= 4 is 11.8 Å². The summed E-state index contributed by atoms with van der Waals surface area (Å²) in [5.41, 5.74) is 1.61. The van der Waals surface area contributed by atoms with Crippen LogP contribution in [0, 0.1) is 11.3 Å². The second kappa shape index (κ2) is 8.65. The van der Waals surface area contributed by atoms with Gasteiger partial charge in [-0.2, -0.15) is 5.26 Å². The Labute approximate surface area is 162 Å². The molecule has 0 aliphatic carbocycles. The molecule has 3 aromatic rings. The van der Waals surface area contributed by atoms with E-state index in [0.717, 1.165) is 0 Å². The van der Waals surface area contributed by atoms with Crippen LogP contribution in [0.1, 0.15) is 28.4 Å². The van der Waals surface area contributed by atoms with Gasteiger partial charge in [0, 0.05) is 11.1 Å². The van der Waals surface area contributed by atoms with Crippen LogP contribution in [0.15, 0.2) is 78.9 Å². The highest BCUT2D eigenvalue weighted by atomic mass is 16.6. The van der Waals surface area contributed by atoms with Crippen molar-refractivity contribution < 1.29 is 19.1 Å². The standard InChI is InChI=1S/C23H17NO4/c1-16(27-20-11-7-17(15-24)8-12-20)23(26)28-21-13-9-19(10-14-21)22(25)18-5-3-2-4-6-18/h2-14,16H,1H3/t16-/m1/s1. The lowest BCUT2D eigenvalue weighted by Crippen LogP contribution is -2.28. The molecule has 0 radical (unpaired) electrons. The molecule has 5 nitrogen and oxygen atoms in total. The minimum Gasteiger partial charge on any atom is -0.479 e. The monoisotopic (exact) mass is 371 g/mol. The van der Waals surface area contributed by atoms with E-state index in [0.29, 0.717) is 28.2 Å². The first-order chi connectivity index (χ1) is 13.6. The number of ketones is 1. The van der Waals surface area contributed by atoms with E-state index < -0.39 is 12.1 Å². The van der Waals surface area contributed by atoms with Crippen LogP contribution in [0.4, 0.5) is 0 Å². The molecule has 0 unspecified atom stereocenters. The van der Waals surface area contributed by atoms with Gasteiger partial charge in [-0.05, 0) is 55.5 Å². The minimum absolute atomic E-state index is 0.101. The third-order valence-corrected chi connectivity index (χ3v) is 4.00. The molecular formula is C23H17NO4. The third kappa shape index (κ3) is 4.63. The van der Waals surface area contributed by atoms with Crippen LogP contribution in [0.5, 0.6) is 11.5 Å². The van der Waals surface area contributed by atoms with Crippen molar-refractivity contribution in [3.05, 3.63) is 95.6 Å². The van der Waals surface area contributed by atoms with Crippen molar-refractivity contribution in [3.8, 4) is 17.6 Å². The molecule has 0 amide bonds. The first kappa shape index (κ1) is 18.9. The zero-order chi connectivity index (χ0) is 19.9. The van der Waals surface area contributed by atoms with E-state index >= 15 is 0 Å². The Hall–Kier alpha value is -3.91. The summed E-state index contributed by atoms with van der Waals surface area (Å²) in [7, 11) is 0. The molecule has 0 bridgehead atoms. The summed E-state index contributed by atoms with van der Waals surface area (Å²) in [4.78, 5) is 24.6. The Morgan fingerprint density at radius 2 is 1.39 bits per heavy atom. The molecular weight excluding hydrogens is 354 g/mol. The number of carbonyl (C=O) groups is 2. The van der Waals surface area contributed by atoms with E-state index in [-0.39, 0.29) is 5.78 Å². The zero-order valence-corrected chi connectivity index (χ0v) is 15.2. The predicted octanol–water partition coefficient (Wildman–Crippen LogP) is 4.16. The summed E-state index contributed by atoms with van der Waals surface area (Å²) in [6.07, 6.45) is -0.835. The molecule has 0 heterocycles. The number of hydrogen-bond donors (Lipinski definition) is 0. The molecule has 0 aromatic heterocycles. The van der Waals surface area contributed by atoms with Crippen LogP contribution in [0.25, 0.3) is 0 Å². The van der Waals surface area contributed by atoms with Crippen LogP contribution < -0.4 is 9.47 Å². The van der Waals surface area contributed by atoms with E-state index in [1.54, 1.807) is 79.7 Å². The topological polar surface area (TPSA) is 76.4 Å². The second-order valence-corrected chi connectivity index (χ2v) is 6.04. The number of nitriles is 1. The van der Waals surface area contributed by atoms with E-state index in [2.05, 4.69) is 0 Å². The number of benzene rings is 3. The molecule has 3 rings (SSSR count). The fourth-order valence-corrected chi connectivity index (χ4v) is 2.49. The molecule has 28 heavy (non-hydrogen) atoms. The highest BCUT2D eigenvalue weighted by Gasteiger charge is 2.18. The zero-order valence-electron chi connectivity index (χ0n) is 15.2. The predicted molar refractivity (Wildman–Crippen MR) is 103 cm³/mol. The van der Waals surface area contributed by atoms with Gasteiger partial charge >= 0.3 is 5.97 Å². The molecule has 3 aromatic carbocycles. The Balaban J connectivity index is 1.60. The van der Waals surface area contributed by atoms with Crippen LogP contribution in [-0.4, -0.2) is 17.9 Å². The summed E-state index contributed by atoms with van der Waals surface area (Å²) in [6.45, 7) is 1.58. The molecule has 0 saturated carbocycles. The molecule has 0 aliphatic heterocycles. The number of nitrogens with zero attached hydrogens (tertiary/aromatic N) is 1. The van der Waals surface area contributed by atoms with Gasteiger partial charge in [-0.1, -0.05) is 30.3 Å². The van der Waals surface area contributed by atoms with Crippen LogP contribution in [-0.2, 0) is 4.79 Å². The quantitative estimate of drug-likeness (QED) is 0.369. The maximum Gasteiger partial charge on any atom is 0.352 e. The Morgan fingerprint density at radius 3 is 2.00 bits per heavy atom. The Bertz CT molecular complexity index is 1000. The average Bonchev–Trinajstić information content (AvgIpc) is 2.75. The summed E-state index contributed by atoms with van der Waals surface area (Å²) in [5.74, 6) is 0.125. The van der Waals surface area contributed by atoms with E-state index in [9.17, 15) is 9.59 Å². The number of hydrogen-bond acceptors (Lipinski definition) is 5. The van der Waals surface area contributed by atoms with Crippen molar-refractivity contribution in [1.82, 2.24) is 0 Å². The largest absolute Gasteiger partial charge is 0.479 e. The lowest BCUT2D eigenvalue weighted by molar-refractivity contribution is -0.141. The van der Waals surface area contributed by atoms with Gasteiger partial charge in [0.1, 0.15) is 11.5 Å². The second-order valence-electron chi connectivity index (χ2n) is 6.04. The molecule has 0 saturated heterocycles. The van der Waals surface area contributed by atoms with Gasteiger partial charge in [0.25, 0.3) is 0 Å². The summed E-state index contributed by atoms with van der Waals surface area (Å²) < 4.78 is 10.8. The highest BCUT2D eigenvalue weighted by Crippen LogP contribution is 2.18. The number of rotatable bonds is 6. The Morgan fingerprint density at radius 1 is 0.821 bits per heavy atom. The number of esters is 1. The van der Waals surface area contributed by atoms with Crippen molar-refractivity contribution in [1.29, 1.82) is 5.26 Å². The summed E-state index contributed by atoms with van der Waals surface area (Å²) >= 11 is 0. The van der Waals surface area contributed by atoms with Gasteiger partial charge in [-0.3, -0.25) is 4.79 Å². The maximum absolute atomic E-state index is 12.4. The van der Waals surface area contributed by atoms with Gasteiger partial charge in [0.2, 0.25) is 0 Å². The van der Waals surface area contributed by atoms with Crippen molar-refractivity contribution in [2.45, 2.75) is 13.0 Å². The van der Waals surface area contributed by atoms with Crippen LogP contribution >= 0.6 is 0 Å². The lowest BCUT2D eigenvalue weighted by atomic mass is 10.0. The first-order valence-electron chi connectivity index (χ1n) is 8.65. The smallest absolute Gasteiger partial charge is 0.352 e. The van der Waals surface area contributed by atoms with Gasteiger partial charge in [0.05, 0.1) is 11.6 Å². The third-order valence-electron chi connectivity index (χ3n) is 4.00. The van der Waals surface area contributed by atoms with Crippen LogP contribution in [0.3, 0.4) is 0 Å². The van der Waals surface area contributed by atoms with Crippen molar-refractivity contribution in [2.24, 2.45) is 0 Å². The fraction of sp³-hybridized carbons (Fsp3) is 0.0870.